The van der Waals surface area contributed by atoms with Crippen LogP contribution in [0.4, 0.5) is 5.69 Å². The second-order valence-electron chi connectivity index (χ2n) is 6.09. The van der Waals surface area contributed by atoms with Gasteiger partial charge in [0.2, 0.25) is 5.91 Å². The van der Waals surface area contributed by atoms with Gasteiger partial charge < -0.3 is 15.4 Å². The molecular formula is C16H24N2O2. The monoisotopic (exact) mass is 276 g/mol. The third kappa shape index (κ3) is 3.19. The molecule has 0 bridgehead atoms. The molecule has 110 valence electrons. The molecule has 1 amide bonds. The number of nitrogens with one attached hydrogen (secondary N) is 2. The van der Waals surface area contributed by atoms with Crippen LogP contribution in [-0.2, 0) is 16.1 Å². The highest BCUT2D eigenvalue weighted by Crippen LogP contribution is 2.42. The van der Waals surface area contributed by atoms with Gasteiger partial charge in [-0.05, 0) is 24.1 Å². The number of ether oxygens (including phenoxy) is 1. The van der Waals surface area contributed by atoms with E-state index in [1.165, 1.54) is 12.5 Å². The van der Waals surface area contributed by atoms with E-state index in [0.717, 1.165) is 18.7 Å². The summed E-state index contributed by atoms with van der Waals surface area (Å²) in [5.74, 6) is -0.0438. The molecule has 1 aromatic rings. The van der Waals surface area contributed by atoms with E-state index < -0.39 is 0 Å². The zero-order valence-corrected chi connectivity index (χ0v) is 12.7. The minimum atomic E-state index is -0.0438. The number of amides is 1. The summed E-state index contributed by atoms with van der Waals surface area (Å²) in [6.45, 7) is 6.83. The molecule has 1 aliphatic carbocycles. The fraction of sp³-hybridized carbons (Fsp3) is 0.562. The largest absolute Gasteiger partial charge is 0.381 e. The second-order valence-corrected chi connectivity index (χ2v) is 6.09. The van der Waals surface area contributed by atoms with Crippen molar-refractivity contribution in [1.29, 1.82) is 0 Å². The van der Waals surface area contributed by atoms with Crippen LogP contribution in [0.15, 0.2) is 24.3 Å². The van der Waals surface area contributed by atoms with Gasteiger partial charge in [0, 0.05) is 37.7 Å². The van der Waals surface area contributed by atoms with E-state index in [0.29, 0.717) is 12.1 Å². The van der Waals surface area contributed by atoms with Gasteiger partial charge in [0.15, 0.2) is 0 Å². The van der Waals surface area contributed by atoms with Crippen molar-refractivity contribution in [2.75, 3.05) is 12.4 Å². The number of anilines is 1. The zero-order chi connectivity index (χ0) is 14.8. The third-order valence-corrected chi connectivity index (χ3v) is 4.29. The Morgan fingerprint density at radius 1 is 1.35 bits per heavy atom. The lowest BCUT2D eigenvalue weighted by Crippen LogP contribution is -2.60. The summed E-state index contributed by atoms with van der Waals surface area (Å²) in [4.78, 5) is 11.0. The van der Waals surface area contributed by atoms with Gasteiger partial charge in [-0.3, -0.25) is 4.79 Å². The summed E-state index contributed by atoms with van der Waals surface area (Å²) >= 11 is 0. The maximum atomic E-state index is 11.0. The average molecular weight is 276 g/mol. The molecule has 0 aliphatic heterocycles. The van der Waals surface area contributed by atoms with Gasteiger partial charge in [0.05, 0.1) is 6.10 Å². The average Bonchev–Trinajstić information content (AvgIpc) is 2.39. The summed E-state index contributed by atoms with van der Waals surface area (Å²) in [6, 6.07) is 8.43. The van der Waals surface area contributed by atoms with E-state index in [-0.39, 0.29) is 11.3 Å². The minimum Gasteiger partial charge on any atom is -0.381 e. The normalized spacial score (nSPS) is 24.0. The van der Waals surface area contributed by atoms with Crippen LogP contribution in [0.1, 0.15) is 32.8 Å². The Balaban J connectivity index is 1.84. The fourth-order valence-corrected chi connectivity index (χ4v) is 2.78. The molecule has 2 unspecified atom stereocenters. The van der Waals surface area contributed by atoms with Crippen molar-refractivity contribution in [2.24, 2.45) is 5.41 Å². The molecular weight excluding hydrogens is 252 g/mol. The van der Waals surface area contributed by atoms with Crippen molar-refractivity contribution in [1.82, 2.24) is 5.32 Å². The van der Waals surface area contributed by atoms with Crippen molar-refractivity contribution >= 4 is 11.6 Å². The van der Waals surface area contributed by atoms with Crippen LogP contribution >= 0.6 is 0 Å². The van der Waals surface area contributed by atoms with Crippen molar-refractivity contribution in [3.8, 4) is 0 Å². The Kier molecular flexibility index (Phi) is 4.45. The molecule has 0 radical (unpaired) electrons. The standard InChI is InChI=1S/C16H24N2O2/c1-11(19)18-13-7-5-12(6-8-13)10-17-14-9-15(20-4)16(14,2)3/h5-8,14-15,17H,9-10H2,1-4H3,(H,18,19). The topological polar surface area (TPSA) is 50.4 Å². The first kappa shape index (κ1) is 15.0. The minimum absolute atomic E-state index is 0.0438. The van der Waals surface area contributed by atoms with E-state index in [1.54, 1.807) is 7.11 Å². The Morgan fingerprint density at radius 2 is 2.00 bits per heavy atom. The first-order valence-corrected chi connectivity index (χ1v) is 7.06. The lowest BCUT2D eigenvalue weighted by molar-refractivity contribution is -0.114. The highest BCUT2D eigenvalue weighted by molar-refractivity contribution is 5.88. The van der Waals surface area contributed by atoms with E-state index in [4.69, 9.17) is 4.74 Å². The SMILES string of the molecule is COC1CC(NCc2ccc(NC(C)=O)cc2)C1(C)C. The van der Waals surface area contributed by atoms with E-state index in [2.05, 4.69) is 24.5 Å². The van der Waals surface area contributed by atoms with Gasteiger partial charge in [0.1, 0.15) is 0 Å². The number of benzene rings is 1. The second kappa shape index (κ2) is 5.94. The van der Waals surface area contributed by atoms with Crippen molar-refractivity contribution in [3.05, 3.63) is 29.8 Å². The first-order chi connectivity index (χ1) is 9.43. The van der Waals surface area contributed by atoms with Crippen molar-refractivity contribution in [2.45, 2.75) is 45.9 Å². The Bertz CT molecular complexity index is 468. The van der Waals surface area contributed by atoms with Crippen molar-refractivity contribution in [3.63, 3.8) is 0 Å². The molecule has 4 nitrogen and oxygen atoms in total. The highest BCUT2D eigenvalue weighted by atomic mass is 16.5. The predicted molar refractivity (Wildman–Crippen MR) is 80.6 cm³/mol. The van der Waals surface area contributed by atoms with Crippen LogP contribution in [0.2, 0.25) is 0 Å². The van der Waals surface area contributed by atoms with Crippen LogP contribution in [0, 0.1) is 5.41 Å². The van der Waals surface area contributed by atoms with E-state index in [1.807, 2.05) is 24.3 Å². The van der Waals surface area contributed by atoms with Gasteiger partial charge in [0.25, 0.3) is 0 Å². The summed E-state index contributed by atoms with van der Waals surface area (Å²) in [5.41, 5.74) is 2.24. The summed E-state index contributed by atoms with van der Waals surface area (Å²) in [6.07, 6.45) is 1.41. The van der Waals surface area contributed by atoms with Crippen molar-refractivity contribution < 1.29 is 9.53 Å². The maximum absolute atomic E-state index is 11.0. The molecule has 0 aromatic heterocycles. The number of hydrogen-bond acceptors (Lipinski definition) is 3. The highest BCUT2D eigenvalue weighted by Gasteiger charge is 2.48. The summed E-state index contributed by atoms with van der Waals surface area (Å²) in [7, 11) is 1.78. The molecule has 0 heterocycles. The molecule has 20 heavy (non-hydrogen) atoms. The molecule has 0 saturated heterocycles. The number of rotatable bonds is 5. The summed E-state index contributed by atoms with van der Waals surface area (Å²) in [5, 5.41) is 6.35. The number of methoxy groups -OCH3 is 1. The Hall–Kier alpha value is -1.39. The molecule has 4 heteroatoms. The van der Waals surface area contributed by atoms with Crippen LogP contribution in [0.25, 0.3) is 0 Å². The Labute approximate surface area is 120 Å². The van der Waals surface area contributed by atoms with Gasteiger partial charge in [-0.2, -0.15) is 0 Å². The smallest absolute Gasteiger partial charge is 0.221 e. The van der Waals surface area contributed by atoms with Gasteiger partial charge in [-0.1, -0.05) is 26.0 Å². The molecule has 2 rings (SSSR count). The lowest BCUT2D eigenvalue weighted by Gasteiger charge is -2.51. The lowest BCUT2D eigenvalue weighted by atomic mass is 9.64. The van der Waals surface area contributed by atoms with Gasteiger partial charge in [-0.15, -0.1) is 0 Å². The van der Waals surface area contributed by atoms with Crippen LogP contribution in [0.5, 0.6) is 0 Å². The molecule has 1 aromatic carbocycles. The van der Waals surface area contributed by atoms with Crippen LogP contribution < -0.4 is 10.6 Å². The van der Waals surface area contributed by atoms with Gasteiger partial charge in [-0.25, -0.2) is 0 Å². The van der Waals surface area contributed by atoms with E-state index in [9.17, 15) is 4.79 Å². The zero-order valence-electron chi connectivity index (χ0n) is 12.7. The van der Waals surface area contributed by atoms with E-state index >= 15 is 0 Å². The summed E-state index contributed by atoms with van der Waals surface area (Å²) < 4.78 is 5.46. The quantitative estimate of drug-likeness (QED) is 0.869. The first-order valence-electron chi connectivity index (χ1n) is 7.06. The molecule has 1 aliphatic rings. The molecule has 2 atom stereocenters. The number of carbonyl (C=O) groups is 1. The predicted octanol–water partition coefficient (Wildman–Crippen LogP) is 2.55. The number of hydrogen-bond donors (Lipinski definition) is 2. The molecule has 1 fully saturated rings. The van der Waals surface area contributed by atoms with Crippen LogP contribution in [0.3, 0.4) is 0 Å². The Morgan fingerprint density at radius 3 is 2.50 bits per heavy atom. The fourth-order valence-electron chi connectivity index (χ4n) is 2.78. The molecule has 1 saturated carbocycles. The molecule has 0 spiro atoms. The third-order valence-electron chi connectivity index (χ3n) is 4.29. The van der Waals surface area contributed by atoms with Crippen LogP contribution in [-0.4, -0.2) is 25.2 Å². The number of carbonyl (C=O) groups excluding carboxylic acids is 1. The van der Waals surface area contributed by atoms with Gasteiger partial charge >= 0.3 is 0 Å². The maximum Gasteiger partial charge on any atom is 0.221 e. The molecule has 2 N–H and O–H groups in total.